The van der Waals surface area contributed by atoms with Gasteiger partial charge < -0.3 is 15.4 Å². The molecule has 0 aromatic heterocycles. The van der Waals surface area contributed by atoms with Crippen LogP contribution < -0.4 is 10.6 Å². The molecule has 1 saturated heterocycles. The molecule has 0 radical (unpaired) electrons. The van der Waals surface area contributed by atoms with E-state index in [4.69, 9.17) is 4.74 Å². The van der Waals surface area contributed by atoms with Crippen LogP contribution in [0.1, 0.15) is 43.9 Å². The second-order valence-electron chi connectivity index (χ2n) is 5.73. The number of nitrogens with one attached hydrogen (secondary N) is 2. The van der Waals surface area contributed by atoms with Crippen molar-refractivity contribution in [1.82, 2.24) is 10.6 Å². The molecule has 4 nitrogen and oxygen atoms in total. The highest BCUT2D eigenvalue weighted by Gasteiger charge is 2.15. The lowest BCUT2D eigenvalue weighted by molar-refractivity contribution is 0.0669. The van der Waals surface area contributed by atoms with Gasteiger partial charge in [0.25, 0.3) is 0 Å². The van der Waals surface area contributed by atoms with E-state index in [1.807, 2.05) is 6.92 Å². The minimum Gasteiger partial charge on any atom is -0.381 e. The molecular weight excluding hydrogens is 264 g/mol. The van der Waals surface area contributed by atoms with Crippen LogP contribution in [-0.4, -0.2) is 25.8 Å². The Balaban J connectivity index is 1.75. The number of amides is 2. The number of aryl methyl sites for hydroxylation is 1. The Morgan fingerprint density at radius 3 is 2.57 bits per heavy atom. The van der Waals surface area contributed by atoms with Gasteiger partial charge in [-0.2, -0.15) is 0 Å². The van der Waals surface area contributed by atoms with Gasteiger partial charge in [-0.3, -0.25) is 0 Å². The lowest BCUT2D eigenvalue weighted by Gasteiger charge is -2.23. The Hall–Kier alpha value is -1.55. The zero-order chi connectivity index (χ0) is 15.1. The SMILES string of the molecule is CCc1ccc(C(C)NC(=O)NCC2CCOCC2)cc1. The molecular formula is C17H26N2O2. The number of carbonyl (C=O) groups excluding carboxylic acids is 1. The number of benzene rings is 1. The average molecular weight is 290 g/mol. The van der Waals surface area contributed by atoms with Gasteiger partial charge in [-0.25, -0.2) is 4.79 Å². The van der Waals surface area contributed by atoms with Gasteiger partial charge in [-0.1, -0.05) is 31.2 Å². The molecule has 1 fully saturated rings. The van der Waals surface area contributed by atoms with E-state index in [9.17, 15) is 4.79 Å². The first-order valence-electron chi connectivity index (χ1n) is 7.90. The van der Waals surface area contributed by atoms with Gasteiger partial charge in [0, 0.05) is 19.8 Å². The zero-order valence-corrected chi connectivity index (χ0v) is 13.0. The summed E-state index contributed by atoms with van der Waals surface area (Å²) >= 11 is 0. The lowest BCUT2D eigenvalue weighted by Crippen LogP contribution is -2.40. The third kappa shape index (κ3) is 5.05. The molecule has 4 heteroatoms. The van der Waals surface area contributed by atoms with Crippen molar-refractivity contribution in [2.45, 2.75) is 39.2 Å². The fourth-order valence-corrected chi connectivity index (χ4v) is 2.56. The molecule has 0 aliphatic carbocycles. The molecule has 1 aliphatic heterocycles. The minimum atomic E-state index is -0.0893. The molecule has 2 rings (SSSR count). The molecule has 1 aromatic rings. The minimum absolute atomic E-state index is 0.0191. The number of ether oxygens (including phenoxy) is 1. The predicted octanol–water partition coefficient (Wildman–Crippen LogP) is 3.04. The molecule has 21 heavy (non-hydrogen) atoms. The monoisotopic (exact) mass is 290 g/mol. The topological polar surface area (TPSA) is 50.4 Å². The maximum atomic E-state index is 11.9. The van der Waals surface area contributed by atoms with Crippen LogP contribution in [0.25, 0.3) is 0 Å². The molecule has 1 aromatic carbocycles. The van der Waals surface area contributed by atoms with Gasteiger partial charge in [0.15, 0.2) is 0 Å². The van der Waals surface area contributed by atoms with Crippen LogP contribution in [0.2, 0.25) is 0 Å². The van der Waals surface area contributed by atoms with E-state index in [1.165, 1.54) is 5.56 Å². The van der Waals surface area contributed by atoms with Crippen molar-refractivity contribution in [1.29, 1.82) is 0 Å². The predicted molar refractivity (Wildman–Crippen MR) is 84.3 cm³/mol. The van der Waals surface area contributed by atoms with Gasteiger partial charge in [0.05, 0.1) is 6.04 Å². The third-order valence-electron chi connectivity index (χ3n) is 4.13. The summed E-state index contributed by atoms with van der Waals surface area (Å²) in [7, 11) is 0. The summed E-state index contributed by atoms with van der Waals surface area (Å²) in [5.41, 5.74) is 2.45. The molecule has 2 N–H and O–H groups in total. The number of hydrogen-bond donors (Lipinski definition) is 2. The normalized spacial score (nSPS) is 17.2. The summed E-state index contributed by atoms with van der Waals surface area (Å²) in [4.78, 5) is 11.9. The Bertz CT molecular complexity index is 439. The van der Waals surface area contributed by atoms with Gasteiger partial charge >= 0.3 is 6.03 Å². The molecule has 0 saturated carbocycles. The van der Waals surface area contributed by atoms with E-state index in [2.05, 4.69) is 41.8 Å². The van der Waals surface area contributed by atoms with E-state index < -0.39 is 0 Å². The Labute approximate surface area is 127 Å². The summed E-state index contributed by atoms with van der Waals surface area (Å²) < 4.78 is 5.32. The molecule has 0 spiro atoms. The van der Waals surface area contributed by atoms with Crippen LogP contribution in [0.4, 0.5) is 4.79 Å². The van der Waals surface area contributed by atoms with Gasteiger partial charge in [-0.05, 0) is 43.2 Å². The van der Waals surface area contributed by atoms with Crippen molar-refractivity contribution in [3.63, 3.8) is 0 Å². The van der Waals surface area contributed by atoms with Gasteiger partial charge in [0.1, 0.15) is 0 Å². The summed E-state index contributed by atoms with van der Waals surface area (Å²) in [6.45, 7) is 6.51. The quantitative estimate of drug-likeness (QED) is 0.875. The molecule has 0 bridgehead atoms. The second kappa shape index (κ2) is 8.03. The molecule has 1 unspecified atom stereocenters. The van der Waals surface area contributed by atoms with E-state index >= 15 is 0 Å². The molecule has 1 aliphatic rings. The van der Waals surface area contributed by atoms with Crippen molar-refractivity contribution in [3.8, 4) is 0 Å². The third-order valence-corrected chi connectivity index (χ3v) is 4.13. The first kappa shape index (κ1) is 15.8. The van der Waals surface area contributed by atoms with Crippen molar-refractivity contribution < 1.29 is 9.53 Å². The molecule has 1 heterocycles. The fourth-order valence-electron chi connectivity index (χ4n) is 2.56. The van der Waals surface area contributed by atoms with Crippen LogP contribution in [-0.2, 0) is 11.2 Å². The largest absolute Gasteiger partial charge is 0.381 e. The standard InChI is InChI=1S/C17H26N2O2/c1-3-14-4-6-16(7-5-14)13(2)19-17(20)18-12-15-8-10-21-11-9-15/h4-7,13,15H,3,8-12H2,1-2H3,(H2,18,19,20). The summed E-state index contributed by atoms with van der Waals surface area (Å²) in [5.74, 6) is 0.545. The lowest BCUT2D eigenvalue weighted by atomic mass is 10.0. The van der Waals surface area contributed by atoms with E-state index in [0.717, 1.165) is 44.6 Å². The van der Waals surface area contributed by atoms with Gasteiger partial charge in [-0.15, -0.1) is 0 Å². The van der Waals surface area contributed by atoms with Crippen LogP contribution >= 0.6 is 0 Å². The highest BCUT2D eigenvalue weighted by Crippen LogP contribution is 2.15. The molecule has 116 valence electrons. The summed E-state index contributed by atoms with van der Waals surface area (Å²) in [6, 6.07) is 8.34. The average Bonchev–Trinajstić information content (AvgIpc) is 2.54. The summed E-state index contributed by atoms with van der Waals surface area (Å²) in [5, 5.41) is 5.96. The van der Waals surface area contributed by atoms with Crippen LogP contribution in [0, 0.1) is 5.92 Å². The highest BCUT2D eigenvalue weighted by atomic mass is 16.5. The van der Waals surface area contributed by atoms with Crippen molar-refractivity contribution >= 4 is 6.03 Å². The summed E-state index contributed by atoms with van der Waals surface area (Å²) in [6.07, 6.45) is 3.11. The maximum absolute atomic E-state index is 11.9. The number of carbonyl (C=O) groups is 1. The van der Waals surface area contributed by atoms with E-state index in [-0.39, 0.29) is 12.1 Å². The smallest absolute Gasteiger partial charge is 0.315 e. The molecule has 2 amide bonds. The highest BCUT2D eigenvalue weighted by molar-refractivity contribution is 5.74. The van der Waals surface area contributed by atoms with Crippen LogP contribution in [0.5, 0.6) is 0 Å². The van der Waals surface area contributed by atoms with Crippen LogP contribution in [0.3, 0.4) is 0 Å². The van der Waals surface area contributed by atoms with Gasteiger partial charge in [0.2, 0.25) is 0 Å². The van der Waals surface area contributed by atoms with E-state index in [0.29, 0.717) is 5.92 Å². The Kier molecular flexibility index (Phi) is 6.05. The molecule has 1 atom stereocenters. The zero-order valence-electron chi connectivity index (χ0n) is 13.0. The van der Waals surface area contributed by atoms with Crippen LogP contribution in [0.15, 0.2) is 24.3 Å². The van der Waals surface area contributed by atoms with Crippen molar-refractivity contribution in [2.75, 3.05) is 19.8 Å². The van der Waals surface area contributed by atoms with Crippen molar-refractivity contribution in [3.05, 3.63) is 35.4 Å². The maximum Gasteiger partial charge on any atom is 0.315 e. The first-order chi connectivity index (χ1) is 10.2. The van der Waals surface area contributed by atoms with E-state index in [1.54, 1.807) is 0 Å². The Morgan fingerprint density at radius 2 is 1.95 bits per heavy atom. The number of rotatable bonds is 5. The Morgan fingerprint density at radius 1 is 1.29 bits per heavy atom. The van der Waals surface area contributed by atoms with Crippen molar-refractivity contribution in [2.24, 2.45) is 5.92 Å². The number of urea groups is 1. The second-order valence-corrected chi connectivity index (χ2v) is 5.73. The first-order valence-corrected chi connectivity index (χ1v) is 7.90. The fraction of sp³-hybridized carbons (Fsp3) is 0.588. The number of hydrogen-bond acceptors (Lipinski definition) is 2.